The van der Waals surface area contributed by atoms with Crippen LogP contribution in [-0.4, -0.2) is 57.8 Å². The van der Waals surface area contributed by atoms with Crippen LogP contribution in [0.5, 0.6) is 0 Å². The van der Waals surface area contributed by atoms with E-state index in [1.807, 2.05) is 47.1 Å². The van der Waals surface area contributed by atoms with Gasteiger partial charge >= 0.3 is 0 Å². The van der Waals surface area contributed by atoms with E-state index in [2.05, 4.69) is 32.7 Å². The summed E-state index contributed by atoms with van der Waals surface area (Å²) in [5.74, 6) is 0.659. The first-order chi connectivity index (χ1) is 16.7. The van der Waals surface area contributed by atoms with Crippen LogP contribution in [0.25, 0.3) is 16.9 Å². The number of morpholine rings is 1. The number of ether oxygens (including phenoxy) is 1. The molecular weight excluding hydrogens is 432 g/mol. The van der Waals surface area contributed by atoms with Crippen molar-refractivity contribution in [1.29, 1.82) is 0 Å². The maximum absolute atomic E-state index is 11.7. The average molecular weight is 457 g/mol. The van der Waals surface area contributed by atoms with Gasteiger partial charge in [0.25, 0.3) is 0 Å². The normalized spacial score (nSPS) is 17.6. The Hall–Kier alpha value is -3.95. The number of carbonyl (C=O) groups excluding carboxylic acids is 1. The van der Waals surface area contributed by atoms with E-state index < -0.39 is 0 Å². The zero-order valence-corrected chi connectivity index (χ0v) is 18.4. The SMILES string of the molecule is O=C1Cc2ccc(-c3cn4ccnc4c(Nc4ccc(N5CCO[C@@H](CO)C5)cc4)n3)cc2N1. The Bertz CT molecular complexity index is 1370. The van der Waals surface area contributed by atoms with Crippen molar-refractivity contribution in [3.63, 3.8) is 0 Å². The molecule has 4 aromatic rings. The van der Waals surface area contributed by atoms with E-state index in [0.717, 1.165) is 46.1 Å². The topological polar surface area (TPSA) is 104 Å². The molecule has 9 nitrogen and oxygen atoms in total. The number of hydrogen-bond acceptors (Lipinski definition) is 7. The van der Waals surface area contributed by atoms with Gasteiger partial charge in [-0.25, -0.2) is 9.97 Å². The highest BCUT2D eigenvalue weighted by Crippen LogP contribution is 2.31. The van der Waals surface area contributed by atoms with Crippen molar-refractivity contribution in [1.82, 2.24) is 14.4 Å². The highest BCUT2D eigenvalue weighted by molar-refractivity contribution is 5.99. The second-order valence-electron chi connectivity index (χ2n) is 8.52. The molecule has 0 saturated carbocycles. The molecule has 4 heterocycles. The summed E-state index contributed by atoms with van der Waals surface area (Å²) in [5.41, 5.74) is 6.23. The predicted molar refractivity (Wildman–Crippen MR) is 130 cm³/mol. The summed E-state index contributed by atoms with van der Waals surface area (Å²) < 4.78 is 7.49. The van der Waals surface area contributed by atoms with Gasteiger partial charge in [0.05, 0.1) is 31.4 Å². The number of carbonyl (C=O) groups is 1. The minimum absolute atomic E-state index is 0.0138. The number of imidazole rings is 1. The highest BCUT2D eigenvalue weighted by atomic mass is 16.5. The smallest absolute Gasteiger partial charge is 0.228 e. The summed E-state index contributed by atoms with van der Waals surface area (Å²) in [6, 6.07) is 14.1. The molecule has 1 fully saturated rings. The van der Waals surface area contributed by atoms with Gasteiger partial charge in [0.2, 0.25) is 5.91 Å². The molecule has 0 bridgehead atoms. The Labute approximate surface area is 196 Å². The number of rotatable bonds is 5. The molecule has 2 aliphatic rings. The second kappa shape index (κ2) is 8.44. The molecule has 9 heteroatoms. The van der Waals surface area contributed by atoms with Gasteiger partial charge in [-0.1, -0.05) is 12.1 Å². The molecule has 0 unspecified atom stereocenters. The Morgan fingerprint density at radius 1 is 1.21 bits per heavy atom. The number of fused-ring (bicyclic) bond motifs is 2. The van der Waals surface area contributed by atoms with Gasteiger partial charge in [0.1, 0.15) is 0 Å². The third-order valence-corrected chi connectivity index (χ3v) is 6.24. The monoisotopic (exact) mass is 456 g/mol. The summed E-state index contributed by atoms with van der Waals surface area (Å²) in [4.78, 5) is 23.3. The molecule has 34 heavy (non-hydrogen) atoms. The fourth-order valence-electron chi connectivity index (χ4n) is 4.48. The third kappa shape index (κ3) is 3.85. The van der Waals surface area contributed by atoms with E-state index >= 15 is 0 Å². The van der Waals surface area contributed by atoms with Crippen LogP contribution >= 0.6 is 0 Å². The second-order valence-corrected chi connectivity index (χ2v) is 8.52. The van der Waals surface area contributed by atoms with Crippen molar-refractivity contribution in [2.75, 3.05) is 41.8 Å². The van der Waals surface area contributed by atoms with Crippen LogP contribution in [0.3, 0.4) is 0 Å². The number of anilines is 4. The largest absolute Gasteiger partial charge is 0.394 e. The summed E-state index contributed by atoms with van der Waals surface area (Å²) in [6.45, 7) is 2.09. The van der Waals surface area contributed by atoms with Crippen LogP contribution in [0.4, 0.5) is 22.9 Å². The zero-order chi connectivity index (χ0) is 23.1. The summed E-state index contributed by atoms with van der Waals surface area (Å²) >= 11 is 0. The minimum atomic E-state index is -0.153. The first kappa shape index (κ1) is 20.6. The number of aromatic nitrogens is 3. The maximum atomic E-state index is 11.7. The molecule has 6 rings (SSSR count). The van der Waals surface area contributed by atoms with Gasteiger partial charge in [-0.15, -0.1) is 0 Å². The molecule has 1 atom stereocenters. The van der Waals surface area contributed by atoms with E-state index in [-0.39, 0.29) is 18.6 Å². The minimum Gasteiger partial charge on any atom is -0.394 e. The first-order valence-electron chi connectivity index (χ1n) is 11.3. The lowest BCUT2D eigenvalue weighted by Crippen LogP contribution is -2.44. The summed E-state index contributed by atoms with van der Waals surface area (Å²) in [5, 5.41) is 15.7. The molecule has 2 aliphatic heterocycles. The van der Waals surface area contributed by atoms with Gasteiger partial charge < -0.3 is 29.8 Å². The average Bonchev–Trinajstić information content (AvgIpc) is 3.49. The van der Waals surface area contributed by atoms with Crippen molar-refractivity contribution < 1.29 is 14.6 Å². The fraction of sp³-hybridized carbons (Fsp3) is 0.240. The quantitative estimate of drug-likeness (QED) is 0.424. The van der Waals surface area contributed by atoms with Crippen molar-refractivity contribution in [2.45, 2.75) is 12.5 Å². The standard InChI is InChI=1S/C25H24N6O3/c32-15-20-13-30(9-10-34-20)19-5-3-18(4-6-19)27-24-25-26-7-8-31(25)14-22(29-24)16-1-2-17-12-23(33)28-21(17)11-16/h1-8,11,14,20,32H,9-10,12-13,15H2,(H,27,29)(H,28,33)/t20-/m1/s1. The van der Waals surface area contributed by atoms with Crippen molar-refractivity contribution in [3.8, 4) is 11.3 Å². The molecule has 1 saturated heterocycles. The lowest BCUT2D eigenvalue weighted by Gasteiger charge is -2.33. The van der Waals surface area contributed by atoms with Crippen LogP contribution in [0.1, 0.15) is 5.56 Å². The van der Waals surface area contributed by atoms with Gasteiger partial charge in [0, 0.05) is 54.3 Å². The lowest BCUT2D eigenvalue weighted by atomic mass is 10.1. The van der Waals surface area contributed by atoms with E-state index in [0.29, 0.717) is 25.4 Å². The summed E-state index contributed by atoms with van der Waals surface area (Å²) in [6.07, 6.45) is 5.83. The number of amides is 1. The van der Waals surface area contributed by atoms with Gasteiger partial charge in [-0.3, -0.25) is 4.79 Å². The molecule has 2 aromatic carbocycles. The van der Waals surface area contributed by atoms with Gasteiger partial charge in [-0.2, -0.15) is 0 Å². The van der Waals surface area contributed by atoms with Gasteiger partial charge in [0.15, 0.2) is 11.5 Å². The van der Waals surface area contributed by atoms with Crippen LogP contribution < -0.4 is 15.5 Å². The number of aliphatic hydroxyl groups excluding tert-OH is 1. The van der Waals surface area contributed by atoms with E-state index in [9.17, 15) is 9.90 Å². The van der Waals surface area contributed by atoms with Crippen LogP contribution in [0.15, 0.2) is 61.1 Å². The molecule has 0 radical (unpaired) electrons. The predicted octanol–water partition coefficient (Wildman–Crippen LogP) is 2.83. The first-order valence-corrected chi connectivity index (χ1v) is 11.3. The number of aliphatic hydroxyl groups is 1. The number of benzene rings is 2. The van der Waals surface area contributed by atoms with Crippen molar-refractivity contribution >= 4 is 34.4 Å². The van der Waals surface area contributed by atoms with Crippen molar-refractivity contribution in [3.05, 3.63) is 66.6 Å². The summed E-state index contributed by atoms with van der Waals surface area (Å²) in [7, 11) is 0. The van der Waals surface area contributed by atoms with Crippen LogP contribution in [0.2, 0.25) is 0 Å². The number of hydrogen-bond donors (Lipinski definition) is 3. The Kier molecular flexibility index (Phi) is 5.12. The van der Waals surface area contributed by atoms with E-state index in [1.54, 1.807) is 6.20 Å². The Balaban J connectivity index is 1.28. The van der Waals surface area contributed by atoms with E-state index in [4.69, 9.17) is 9.72 Å². The fourth-order valence-corrected chi connectivity index (χ4v) is 4.48. The molecule has 172 valence electrons. The lowest BCUT2D eigenvalue weighted by molar-refractivity contribution is -0.115. The molecule has 2 aromatic heterocycles. The number of nitrogens with zero attached hydrogens (tertiary/aromatic N) is 4. The highest BCUT2D eigenvalue weighted by Gasteiger charge is 2.21. The number of nitrogens with one attached hydrogen (secondary N) is 2. The van der Waals surface area contributed by atoms with Crippen molar-refractivity contribution in [2.24, 2.45) is 0 Å². The zero-order valence-electron chi connectivity index (χ0n) is 18.4. The molecule has 0 spiro atoms. The molecular formula is C25H24N6O3. The Morgan fingerprint density at radius 3 is 2.94 bits per heavy atom. The van der Waals surface area contributed by atoms with E-state index in [1.165, 1.54) is 0 Å². The molecule has 3 N–H and O–H groups in total. The maximum Gasteiger partial charge on any atom is 0.228 e. The van der Waals surface area contributed by atoms with Crippen LogP contribution in [-0.2, 0) is 16.0 Å². The van der Waals surface area contributed by atoms with Crippen LogP contribution in [0, 0.1) is 0 Å². The molecule has 0 aliphatic carbocycles. The Morgan fingerprint density at radius 2 is 2.09 bits per heavy atom. The molecule has 1 amide bonds. The third-order valence-electron chi connectivity index (χ3n) is 6.24. The van der Waals surface area contributed by atoms with Gasteiger partial charge in [-0.05, 0) is 35.9 Å².